The number of aromatic nitrogens is 4. The van der Waals surface area contributed by atoms with Crippen molar-refractivity contribution in [2.75, 3.05) is 12.3 Å². The topological polar surface area (TPSA) is 72.7 Å². The van der Waals surface area contributed by atoms with Crippen molar-refractivity contribution in [2.24, 2.45) is 7.05 Å². The molecule has 0 unspecified atom stereocenters. The van der Waals surface area contributed by atoms with E-state index in [1.165, 1.54) is 17.3 Å². The van der Waals surface area contributed by atoms with Gasteiger partial charge in [0.2, 0.25) is 11.1 Å². The summed E-state index contributed by atoms with van der Waals surface area (Å²) in [4.78, 5) is 16.2. The fraction of sp³-hybridized carbons (Fsp3) is 0.250. The van der Waals surface area contributed by atoms with E-state index in [0.29, 0.717) is 11.7 Å². The van der Waals surface area contributed by atoms with Crippen molar-refractivity contribution in [1.29, 1.82) is 0 Å². The molecular weight excluding hydrogens is 310 g/mol. The number of nitrogens with one attached hydrogen (secondary N) is 1. The number of thioether (sulfide) groups is 1. The van der Waals surface area contributed by atoms with Gasteiger partial charge in [0.05, 0.1) is 11.3 Å². The second-order valence-corrected chi connectivity index (χ2v) is 6.17. The van der Waals surface area contributed by atoms with Crippen molar-refractivity contribution in [1.82, 2.24) is 25.1 Å². The minimum Gasteiger partial charge on any atom is -0.352 e. The van der Waals surface area contributed by atoms with Crippen molar-refractivity contribution in [3.05, 3.63) is 36.4 Å². The summed E-state index contributed by atoms with van der Waals surface area (Å²) in [5.41, 5.74) is 3.80. The summed E-state index contributed by atoms with van der Waals surface area (Å²) in [7, 11) is 1.96. The lowest BCUT2D eigenvalue weighted by Gasteiger charge is -2.01. The first-order valence-corrected chi connectivity index (χ1v) is 8.18. The molecule has 0 spiro atoms. The summed E-state index contributed by atoms with van der Waals surface area (Å²) in [6, 6.07) is 6.21. The van der Waals surface area contributed by atoms with Gasteiger partial charge in [0.1, 0.15) is 5.52 Å². The van der Waals surface area contributed by atoms with Crippen LogP contribution in [0.3, 0.4) is 0 Å². The van der Waals surface area contributed by atoms with Crippen LogP contribution >= 0.6 is 11.8 Å². The molecule has 0 aliphatic heterocycles. The van der Waals surface area contributed by atoms with Crippen molar-refractivity contribution in [2.45, 2.75) is 12.1 Å². The Morgan fingerprint density at radius 2 is 2.26 bits per heavy atom. The lowest BCUT2D eigenvalue weighted by molar-refractivity contribution is -0.118. The number of carbonyl (C=O) groups excluding carboxylic acids is 1. The Balaban J connectivity index is 1.90. The normalized spacial score (nSPS) is 11.0. The van der Waals surface area contributed by atoms with E-state index >= 15 is 0 Å². The summed E-state index contributed by atoms with van der Waals surface area (Å²) >= 11 is 1.27. The number of hydrogen-bond donors (Lipinski definition) is 1. The minimum absolute atomic E-state index is 0.0775. The van der Waals surface area contributed by atoms with Crippen LogP contribution in [0.25, 0.3) is 22.1 Å². The first-order chi connectivity index (χ1) is 11.1. The zero-order chi connectivity index (χ0) is 16.4. The maximum atomic E-state index is 11.6. The summed E-state index contributed by atoms with van der Waals surface area (Å²) in [5.74, 6) is 0.177. The lowest BCUT2D eigenvalue weighted by Crippen LogP contribution is -2.25. The summed E-state index contributed by atoms with van der Waals surface area (Å²) in [6.07, 6.45) is 1.64. The Morgan fingerprint density at radius 3 is 3.04 bits per heavy atom. The molecule has 118 valence electrons. The maximum absolute atomic E-state index is 11.6. The van der Waals surface area contributed by atoms with Gasteiger partial charge >= 0.3 is 0 Å². The minimum atomic E-state index is -0.0775. The number of carbonyl (C=O) groups is 1. The van der Waals surface area contributed by atoms with E-state index in [1.54, 1.807) is 6.08 Å². The number of nitrogens with zero attached hydrogens (tertiary/aromatic N) is 4. The van der Waals surface area contributed by atoms with Crippen molar-refractivity contribution >= 4 is 39.7 Å². The van der Waals surface area contributed by atoms with E-state index in [1.807, 2.05) is 18.5 Å². The summed E-state index contributed by atoms with van der Waals surface area (Å²) in [5, 5.41) is 12.7. The molecule has 0 radical (unpaired) electrons. The molecule has 1 amide bonds. The number of benzene rings is 1. The average Bonchev–Trinajstić information content (AvgIpc) is 2.83. The molecule has 1 aromatic carbocycles. The zero-order valence-corrected chi connectivity index (χ0v) is 13.9. The average molecular weight is 327 g/mol. The van der Waals surface area contributed by atoms with Crippen molar-refractivity contribution in [3.63, 3.8) is 0 Å². The number of amides is 1. The molecule has 7 heteroatoms. The molecule has 2 aromatic heterocycles. The van der Waals surface area contributed by atoms with E-state index < -0.39 is 0 Å². The Kier molecular flexibility index (Phi) is 4.29. The Labute approximate surface area is 138 Å². The van der Waals surface area contributed by atoms with Gasteiger partial charge in [-0.3, -0.25) is 4.79 Å². The molecule has 1 N–H and O–H groups in total. The Morgan fingerprint density at radius 1 is 1.43 bits per heavy atom. The predicted molar refractivity (Wildman–Crippen MR) is 92.5 cm³/mol. The van der Waals surface area contributed by atoms with Crippen LogP contribution in [0.5, 0.6) is 0 Å². The zero-order valence-electron chi connectivity index (χ0n) is 13.0. The highest BCUT2D eigenvalue weighted by molar-refractivity contribution is 7.99. The summed E-state index contributed by atoms with van der Waals surface area (Å²) < 4.78 is 2.00. The van der Waals surface area contributed by atoms with Crippen LogP contribution in [0.15, 0.2) is 36.0 Å². The largest absolute Gasteiger partial charge is 0.352 e. The molecule has 0 saturated carbocycles. The van der Waals surface area contributed by atoms with Gasteiger partial charge in [0.25, 0.3) is 0 Å². The van der Waals surface area contributed by atoms with Crippen LogP contribution in [0, 0.1) is 6.92 Å². The van der Waals surface area contributed by atoms with Crippen LogP contribution in [0.2, 0.25) is 0 Å². The van der Waals surface area contributed by atoms with Gasteiger partial charge in [0, 0.05) is 19.0 Å². The molecule has 0 aliphatic rings. The van der Waals surface area contributed by atoms with Gasteiger partial charge in [-0.05, 0) is 19.1 Å². The third-order valence-electron chi connectivity index (χ3n) is 3.51. The van der Waals surface area contributed by atoms with E-state index in [0.717, 1.165) is 22.1 Å². The van der Waals surface area contributed by atoms with Gasteiger partial charge in [-0.15, -0.1) is 16.8 Å². The van der Waals surface area contributed by atoms with Crippen LogP contribution in [0.1, 0.15) is 5.56 Å². The lowest BCUT2D eigenvalue weighted by atomic mass is 10.2. The smallest absolute Gasteiger partial charge is 0.230 e. The second-order valence-electron chi connectivity index (χ2n) is 5.23. The first kappa shape index (κ1) is 15.5. The molecule has 2 heterocycles. The molecule has 0 bridgehead atoms. The van der Waals surface area contributed by atoms with Crippen LogP contribution in [-0.4, -0.2) is 38.0 Å². The maximum Gasteiger partial charge on any atom is 0.230 e. The molecule has 0 aliphatic carbocycles. The number of rotatable bonds is 5. The van der Waals surface area contributed by atoms with Crippen LogP contribution in [0.4, 0.5) is 0 Å². The molecule has 23 heavy (non-hydrogen) atoms. The highest BCUT2D eigenvalue weighted by Crippen LogP contribution is 2.26. The third-order valence-corrected chi connectivity index (χ3v) is 4.35. The molecule has 0 atom stereocenters. The predicted octanol–water partition coefficient (Wildman–Crippen LogP) is 2.22. The standard InChI is InChI=1S/C16H17N5OS/c1-4-7-17-13(22)9-23-16-18-15-14(19-20-16)11-8-10(2)5-6-12(11)21(15)3/h4-6,8H,1,7,9H2,2-3H3,(H,17,22). The quantitative estimate of drug-likeness (QED) is 0.574. The molecule has 3 rings (SSSR count). The number of fused-ring (bicyclic) bond motifs is 3. The SMILES string of the molecule is C=CCNC(=O)CSc1nnc2c3cc(C)ccc3n(C)c2n1. The fourth-order valence-corrected chi connectivity index (χ4v) is 3.00. The van der Waals surface area contributed by atoms with Crippen LogP contribution in [-0.2, 0) is 11.8 Å². The van der Waals surface area contributed by atoms with Gasteiger partial charge in [-0.25, -0.2) is 4.98 Å². The van der Waals surface area contributed by atoms with Crippen molar-refractivity contribution in [3.8, 4) is 0 Å². The summed E-state index contributed by atoms with van der Waals surface area (Å²) in [6.45, 7) is 6.07. The molecular formula is C16H17N5OS. The first-order valence-electron chi connectivity index (χ1n) is 7.20. The second kappa shape index (κ2) is 6.37. The Hall–Kier alpha value is -2.41. The molecule has 3 aromatic rings. The van der Waals surface area contributed by atoms with Gasteiger partial charge in [-0.2, -0.15) is 0 Å². The molecule has 0 fully saturated rings. The Bertz CT molecular complexity index is 902. The molecule has 0 saturated heterocycles. The van der Waals surface area contributed by atoms with Crippen LogP contribution < -0.4 is 5.32 Å². The van der Waals surface area contributed by atoms with Crippen molar-refractivity contribution < 1.29 is 4.79 Å². The van der Waals surface area contributed by atoms with Gasteiger partial charge in [-0.1, -0.05) is 29.5 Å². The third kappa shape index (κ3) is 3.05. The van der Waals surface area contributed by atoms with E-state index in [4.69, 9.17) is 0 Å². The van der Waals surface area contributed by atoms with E-state index in [2.05, 4.69) is 45.3 Å². The monoisotopic (exact) mass is 327 g/mol. The van der Waals surface area contributed by atoms with Gasteiger partial charge < -0.3 is 9.88 Å². The number of hydrogen-bond acceptors (Lipinski definition) is 5. The van der Waals surface area contributed by atoms with Gasteiger partial charge in [0.15, 0.2) is 5.65 Å². The van der Waals surface area contributed by atoms with E-state index in [9.17, 15) is 4.79 Å². The fourth-order valence-electron chi connectivity index (χ4n) is 2.39. The number of aryl methyl sites for hydroxylation is 2. The van der Waals surface area contributed by atoms with E-state index in [-0.39, 0.29) is 11.7 Å². The molecule has 6 nitrogen and oxygen atoms in total. The highest BCUT2D eigenvalue weighted by Gasteiger charge is 2.13. The highest BCUT2D eigenvalue weighted by atomic mass is 32.2.